The summed E-state index contributed by atoms with van der Waals surface area (Å²) in [7, 11) is 0. The van der Waals surface area contributed by atoms with Crippen LogP contribution in [0.3, 0.4) is 0 Å². The summed E-state index contributed by atoms with van der Waals surface area (Å²) >= 11 is 0. The van der Waals surface area contributed by atoms with Crippen LogP contribution < -0.4 is 0 Å². The number of carbonyl (C=O) groups excluding carboxylic acids is 3. The Bertz CT molecular complexity index is 1110. The number of hydrogen-bond acceptors (Lipinski definition) is 6. The van der Waals surface area contributed by atoms with Crippen molar-refractivity contribution in [2.24, 2.45) is 0 Å². The summed E-state index contributed by atoms with van der Waals surface area (Å²) in [5, 5.41) is 0. The zero-order chi connectivity index (χ0) is 45.8. The first-order valence-electron chi connectivity index (χ1n) is 27.1. The van der Waals surface area contributed by atoms with Crippen LogP contribution in [-0.4, -0.2) is 37.2 Å². The van der Waals surface area contributed by atoms with Gasteiger partial charge < -0.3 is 14.2 Å². The standard InChI is InChI=1S/C57H102O6/c1-4-7-10-13-16-19-22-24-26-28-30-32-35-38-41-44-47-50-56(59)62-53-54(52-61-55(58)49-46-43-40-37-34-21-18-15-12-9-6-3)63-57(60)51-48-45-42-39-36-33-31-29-27-25-23-20-17-14-11-8-5-2/h16,19,24-27,30,32,54H,4-15,17-18,20-23,28-29,31,33-53H2,1-3H3/b19-16-,26-24-,27-25-,32-30-/t54-/m0/s1. The number of carbonyl (C=O) groups is 3. The minimum Gasteiger partial charge on any atom is -0.462 e. The van der Waals surface area contributed by atoms with Gasteiger partial charge in [-0.2, -0.15) is 0 Å². The van der Waals surface area contributed by atoms with Gasteiger partial charge >= 0.3 is 17.9 Å². The quantitative estimate of drug-likeness (QED) is 0.0262. The molecule has 0 rings (SSSR count). The molecule has 6 nitrogen and oxygen atoms in total. The van der Waals surface area contributed by atoms with Crippen LogP contribution in [-0.2, 0) is 28.6 Å². The highest BCUT2D eigenvalue weighted by atomic mass is 16.6. The maximum atomic E-state index is 12.8. The third kappa shape index (κ3) is 50.2. The van der Waals surface area contributed by atoms with Crippen molar-refractivity contribution in [2.75, 3.05) is 13.2 Å². The van der Waals surface area contributed by atoms with Crippen molar-refractivity contribution in [1.29, 1.82) is 0 Å². The maximum absolute atomic E-state index is 12.8. The van der Waals surface area contributed by atoms with Gasteiger partial charge in [0, 0.05) is 19.3 Å². The lowest BCUT2D eigenvalue weighted by atomic mass is 10.1. The first-order chi connectivity index (χ1) is 31.0. The summed E-state index contributed by atoms with van der Waals surface area (Å²) in [6.45, 7) is 6.60. The van der Waals surface area contributed by atoms with E-state index in [1.807, 2.05) is 0 Å². The maximum Gasteiger partial charge on any atom is 0.306 e. The lowest BCUT2D eigenvalue weighted by Gasteiger charge is -2.18. The molecule has 0 amide bonds. The summed E-state index contributed by atoms with van der Waals surface area (Å²) in [5.74, 6) is -0.898. The molecule has 0 aromatic rings. The molecule has 366 valence electrons. The second-order valence-electron chi connectivity index (χ2n) is 18.1. The van der Waals surface area contributed by atoms with Crippen LogP contribution in [0, 0.1) is 0 Å². The average molecular weight is 883 g/mol. The average Bonchev–Trinajstić information content (AvgIpc) is 3.28. The first kappa shape index (κ1) is 60.4. The molecule has 0 saturated carbocycles. The number of allylic oxidation sites excluding steroid dienone is 8. The summed E-state index contributed by atoms with van der Waals surface area (Å²) in [6.07, 6.45) is 62.3. The Morgan fingerprint density at radius 2 is 0.571 bits per heavy atom. The zero-order valence-electron chi connectivity index (χ0n) is 41.8. The van der Waals surface area contributed by atoms with Crippen molar-refractivity contribution in [3.8, 4) is 0 Å². The van der Waals surface area contributed by atoms with E-state index in [1.54, 1.807) is 0 Å². The van der Waals surface area contributed by atoms with Crippen LogP contribution in [0.1, 0.15) is 278 Å². The van der Waals surface area contributed by atoms with Crippen LogP contribution in [0.4, 0.5) is 0 Å². The van der Waals surface area contributed by atoms with E-state index in [-0.39, 0.29) is 31.1 Å². The van der Waals surface area contributed by atoms with E-state index in [2.05, 4.69) is 69.4 Å². The summed E-state index contributed by atoms with van der Waals surface area (Å²) in [5.41, 5.74) is 0. The largest absolute Gasteiger partial charge is 0.462 e. The number of unbranched alkanes of at least 4 members (excludes halogenated alkanes) is 30. The summed E-state index contributed by atoms with van der Waals surface area (Å²) in [6, 6.07) is 0. The Labute approximate surface area is 390 Å². The van der Waals surface area contributed by atoms with Gasteiger partial charge in [-0.25, -0.2) is 0 Å². The van der Waals surface area contributed by atoms with Crippen molar-refractivity contribution in [2.45, 2.75) is 284 Å². The molecule has 0 aliphatic heterocycles. The van der Waals surface area contributed by atoms with Crippen molar-refractivity contribution < 1.29 is 28.6 Å². The van der Waals surface area contributed by atoms with Crippen molar-refractivity contribution in [1.82, 2.24) is 0 Å². The molecule has 0 aromatic carbocycles. The fraction of sp³-hybridized carbons (Fsp3) is 0.807. The van der Waals surface area contributed by atoms with Gasteiger partial charge in [0.15, 0.2) is 6.10 Å². The predicted molar refractivity (Wildman–Crippen MR) is 270 cm³/mol. The number of esters is 3. The fourth-order valence-electron chi connectivity index (χ4n) is 7.68. The topological polar surface area (TPSA) is 78.9 Å². The number of rotatable bonds is 49. The van der Waals surface area contributed by atoms with E-state index in [0.717, 1.165) is 83.5 Å². The van der Waals surface area contributed by atoms with Crippen LogP contribution in [0.2, 0.25) is 0 Å². The molecule has 0 saturated heterocycles. The monoisotopic (exact) mass is 883 g/mol. The molecular weight excluding hydrogens is 781 g/mol. The molecule has 0 bridgehead atoms. The van der Waals surface area contributed by atoms with E-state index in [1.165, 1.54) is 154 Å². The molecule has 0 unspecified atom stereocenters. The van der Waals surface area contributed by atoms with Gasteiger partial charge in [0.25, 0.3) is 0 Å². The Balaban J connectivity index is 4.38. The molecule has 0 N–H and O–H groups in total. The van der Waals surface area contributed by atoms with Gasteiger partial charge in [0.1, 0.15) is 13.2 Å². The lowest BCUT2D eigenvalue weighted by molar-refractivity contribution is -0.167. The fourth-order valence-corrected chi connectivity index (χ4v) is 7.68. The molecule has 0 radical (unpaired) electrons. The van der Waals surface area contributed by atoms with Gasteiger partial charge in [-0.15, -0.1) is 0 Å². The Morgan fingerprint density at radius 3 is 0.937 bits per heavy atom. The van der Waals surface area contributed by atoms with E-state index >= 15 is 0 Å². The molecule has 0 spiro atoms. The normalized spacial score (nSPS) is 12.4. The van der Waals surface area contributed by atoms with E-state index < -0.39 is 6.10 Å². The number of hydrogen-bond donors (Lipinski definition) is 0. The van der Waals surface area contributed by atoms with Crippen molar-refractivity contribution in [3.63, 3.8) is 0 Å². The van der Waals surface area contributed by atoms with Gasteiger partial charge in [-0.05, 0) is 83.5 Å². The Kier molecular flexibility index (Phi) is 49.8. The zero-order valence-corrected chi connectivity index (χ0v) is 41.8. The van der Waals surface area contributed by atoms with Crippen molar-refractivity contribution >= 4 is 17.9 Å². The molecule has 0 aliphatic rings. The van der Waals surface area contributed by atoms with Gasteiger partial charge in [-0.1, -0.05) is 223 Å². The molecule has 1 atom stereocenters. The summed E-state index contributed by atoms with van der Waals surface area (Å²) in [4.78, 5) is 38.0. The predicted octanol–water partition coefficient (Wildman–Crippen LogP) is 17.9. The SMILES string of the molecule is CCCCC/C=C\C/C=C\C/C=C\CCCCCCC(=O)OC[C@H](COC(=O)CCCCCCCCCCCCC)OC(=O)CCCCCCCCC/C=C\CCCCCCCC. The smallest absolute Gasteiger partial charge is 0.306 e. The third-order valence-corrected chi connectivity index (χ3v) is 11.8. The van der Waals surface area contributed by atoms with E-state index in [0.29, 0.717) is 19.3 Å². The van der Waals surface area contributed by atoms with Crippen LogP contribution in [0.25, 0.3) is 0 Å². The van der Waals surface area contributed by atoms with Crippen LogP contribution >= 0.6 is 0 Å². The summed E-state index contributed by atoms with van der Waals surface area (Å²) < 4.78 is 16.8. The molecule has 0 heterocycles. The lowest BCUT2D eigenvalue weighted by Crippen LogP contribution is -2.30. The van der Waals surface area contributed by atoms with Gasteiger partial charge in [0.2, 0.25) is 0 Å². The molecule has 0 aromatic heterocycles. The minimum absolute atomic E-state index is 0.0798. The highest BCUT2D eigenvalue weighted by molar-refractivity contribution is 5.71. The second-order valence-corrected chi connectivity index (χ2v) is 18.1. The minimum atomic E-state index is -0.781. The third-order valence-electron chi connectivity index (χ3n) is 11.8. The molecule has 6 heteroatoms. The van der Waals surface area contributed by atoms with Gasteiger partial charge in [-0.3, -0.25) is 14.4 Å². The first-order valence-corrected chi connectivity index (χ1v) is 27.1. The molecule has 0 aliphatic carbocycles. The van der Waals surface area contributed by atoms with Gasteiger partial charge in [0.05, 0.1) is 0 Å². The highest BCUT2D eigenvalue weighted by Gasteiger charge is 2.19. The number of ether oxygens (including phenoxy) is 3. The van der Waals surface area contributed by atoms with E-state index in [9.17, 15) is 14.4 Å². The van der Waals surface area contributed by atoms with Crippen molar-refractivity contribution in [3.05, 3.63) is 48.6 Å². The molecule has 0 fully saturated rings. The highest BCUT2D eigenvalue weighted by Crippen LogP contribution is 2.15. The molecule has 63 heavy (non-hydrogen) atoms. The Morgan fingerprint density at radius 1 is 0.317 bits per heavy atom. The molecular formula is C57H102O6. The second kappa shape index (κ2) is 52.0. The van der Waals surface area contributed by atoms with Crippen LogP contribution in [0.15, 0.2) is 48.6 Å². The van der Waals surface area contributed by atoms with E-state index in [4.69, 9.17) is 14.2 Å². The Hall–Kier alpha value is -2.63. The van der Waals surface area contributed by atoms with Crippen LogP contribution in [0.5, 0.6) is 0 Å².